The van der Waals surface area contributed by atoms with Gasteiger partial charge in [-0.15, -0.1) is 0 Å². The summed E-state index contributed by atoms with van der Waals surface area (Å²) in [6.07, 6.45) is 3.55. The van der Waals surface area contributed by atoms with E-state index in [2.05, 4.69) is 21.8 Å². The maximum absolute atomic E-state index is 9.79. The first-order valence-corrected chi connectivity index (χ1v) is 7.37. The maximum Gasteiger partial charge on any atom is 0.151 e. The van der Waals surface area contributed by atoms with Crippen LogP contribution in [-0.4, -0.2) is 45.2 Å². The quantitative estimate of drug-likeness (QED) is 0.762. The fourth-order valence-electron chi connectivity index (χ4n) is 2.39. The summed E-state index contributed by atoms with van der Waals surface area (Å²) in [4.78, 5) is 9.80. The smallest absolute Gasteiger partial charge is 0.151 e. The third-order valence-electron chi connectivity index (χ3n) is 3.64. The molecule has 0 saturated carbocycles. The second-order valence-electron chi connectivity index (χ2n) is 5.31. The lowest BCUT2D eigenvalue weighted by molar-refractivity contribution is 0.0494. The van der Waals surface area contributed by atoms with Gasteiger partial charge in [0.25, 0.3) is 0 Å². The molecule has 2 rings (SSSR count). The molecule has 0 aliphatic carbocycles. The van der Waals surface area contributed by atoms with Gasteiger partial charge in [0, 0.05) is 32.1 Å². The van der Waals surface area contributed by atoms with E-state index >= 15 is 0 Å². The van der Waals surface area contributed by atoms with Crippen LogP contribution in [-0.2, 0) is 13.0 Å². The number of aromatic amines is 1. The third kappa shape index (κ3) is 3.92. The van der Waals surface area contributed by atoms with Gasteiger partial charge in [-0.3, -0.25) is 4.90 Å². The van der Waals surface area contributed by atoms with Crippen LogP contribution in [0, 0.1) is 0 Å². The molecular weight excluding hydrogens is 264 g/mol. The number of nitrogens with two attached hydrogens (primary N) is 1. The number of β-amino-alcohol motifs (C(OH)–C–C–N with tert-alkyl or cyclic N) is 1. The van der Waals surface area contributed by atoms with E-state index in [4.69, 9.17) is 17.3 Å². The van der Waals surface area contributed by atoms with Crippen LogP contribution in [0.3, 0.4) is 0 Å². The van der Waals surface area contributed by atoms with E-state index in [1.165, 1.54) is 0 Å². The SMILES string of the molecule is CCCCc1nc(Cl)c(CN2CC[C@@H](N)[C@H](O)C2)[nH]1. The fourth-order valence-corrected chi connectivity index (χ4v) is 2.60. The Bertz CT molecular complexity index is 409. The predicted octanol–water partition coefficient (Wildman–Crippen LogP) is 1.30. The number of aliphatic hydroxyl groups excluding tert-OH is 1. The zero-order valence-corrected chi connectivity index (χ0v) is 12.2. The highest BCUT2D eigenvalue weighted by molar-refractivity contribution is 6.30. The van der Waals surface area contributed by atoms with Crippen molar-refractivity contribution in [2.75, 3.05) is 13.1 Å². The normalized spacial score (nSPS) is 24.8. The number of likely N-dealkylation sites (tertiary alicyclic amines) is 1. The van der Waals surface area contributed by atoms with Gasteiger partial charge in [-0.25, -0.2) is 4.98 Å². The minimum absolute atomic E-state index is 0.103. The van der Waals surface area contributed by atoms with Crippen molar-refractivity contribution < 1.29 is 5.11 Å². The topological polar surface area (TPSA) is 78.2 Å². The van der Waals surface area contributed by atoms with Crippen molar-refractivity contribution in [3.63, 3.8) is 0 Å². The number of aromatic nitrogens is 2. The lowest BCUT2D eigenvalue weighted by Gasteiger charge is -2.33. The molecule has 4 N–H and O–H groups in total. The van der Waals surface area contributed by atoms with Crippen LogP contribution in [0.4, 0.5) is 0 Å². The monoisotopic (exact) mass is 286 g/mol. The Balaban J connectivity index is 1.93. The number of rotatable bonds is 5. The van der Waals surface area contributed by atoms with Crippen LogP contribution in [0.15, 0.2) is 0 Å². The van der Waals surface area contributed by atoms with Gasteiger partial charge >= 0.3 is 0 Å². The zero-order valence-electron chi connectivity index (χ0n) is 11.4. The van der Waals surface area contributed by atoms with Crippen LogP contribution in [0.25, 0.3) is 0 Å². The standard InChI is InChI=1S/C13H23ClN4O/c1-2-3-4-12-16-10(13(14)17-12)7-18-6-5-9(15)11(19)8-18/h9,11,19H,2-8,15H2,1H3,(H,16,17)/t9-,11-/m1/s1. The molecule has 5 nitrogen and oxygen atoms in total. The highest BCUT2D eigenvalue weighted by Crippen LogP contribution is 2.18. The van der Waals surface area contributed by atoms with Crippen LogP contribution in [0.1, 0.15) is 37.7 Å². The van der Waals surface area contributed by atoms with E-state index < -0.39 is 6.10 Å². The van der Waals surface area contributed by atoms with E-state index in [9.17, 15) is 5.11 Å². The van der Waals surface area contributed by atoms with E-state index in [1.807, 2.05) is 0 Å². The number of hydrogen-bond acceptors (Lipinski definition) is 4. The van der Waals surface area contributed by atoms with Gasteiger partial charge in [0.15, 0.2) is 5.15 Å². The molecule has 0 bridgehead atoms. The number of piperidine rings is 1. The maximum atomic E-state index is 9.79. The van der Waals surface area contributed by atoms with Crippen molar-refractivity contribution >= 4 is 11.6 Å². The number of aryl methyl sites for hydroxylation is 1. The van der Waals surface area contributed by atoms with E-state index in [-0.39, 0.29) is 6.04 Å². The Morgan fingerprint density at radius 1 is 1.58 bits per heavy atom. The number of nitrogens with zero attached hydrogens (tertiary/aromatic N) is 2. The van der Waals surface area contributed by atoms with E-state index in [1.54, 1.807) is 0 Å². The fraction of sp³-hybridized carbons (Fsp3) is 0.769. The third-order valence-corrected chi connectivity index (χ3v) is 3.96. The molecule has 0 unspecified atom stereocenters. The molecule has 1 aliphatic heterocycles. The van der Waals surface area contributed by atoms with Crippen molar-refractivity contribution in [2.24, 2.45) is 5.73 Å². The molecule has 1 fully saturated rings. The summed E-state index contributed by atoms with van der Waals surface area (Å²) in [5.74, 6) is 0.955. The Hall–Kier alpha value is -0.620. The predicted molar refractivity (Wildman–Crippen MR) is 76.1 cm³/mol. The van der Waals surface area contributed by atoms with E-state index in [0.29, 0.717) is 18.2 Å². The van der Waals surface area contributed by atoms with Crippen LogP contribution < -0.4 is 5.73 Å². The first kappa shape index (κ1) is 14.8. The largest absolute Gasteiger partial charge is 0.390 e. The average Bonchev–Trinajstić information content (AvgIpc) is 2.72. The van der Waals surface area contributed by atoms with Crippen molar-refractivity contribution in [3.8, 4) is 0 Å². The molecule has 19 heavy (non-hydrogen) atoms. The first-order valence-electron chi connectivity index (χ1n) is 6.99. The summed E-state index contributed by atoms with van der Waals surface area (Å²) in [5.41, 5.74) is 6.74. The molecule has 0 radical (unpaired) electrons. The second-order valence-corrected chi connectivity index (χ2v) is 5.67. The minimum atomic E-state index is -0.449. The van der Waals surface area contributed by atoms with E-state index in [0.717, 1.165) is 43.7 Å². The number of halogens is 1. The van der Waals surface area contributed by atoms with Crippen molar-refractivity contribution in [1.29, 1.82) is 0 Å². The molecule has 1 aromatic heterocycles. The molecule has 0 amide bonds. The van der Waals surface area contributed by atoms with Gasteiger partial charge in [0.2, 0.25) is 0 Å². The summed E-state index contributed by atoms with van der Waals surface area (Å²) in [7, 11) is 0. The lowest BCUT2D eigenvalue weighted by Crippen LogP contribution is -2.50. The summed E-state index contributed by atoms with van der Waals surface area (Å²) in [6.45, 7) is 4.34. The van der Waals surface area contributed by atoms with Crippen LogP contribution in [0.5, 0.6) is 0 Å². The molecular formula is C13H23ClN4O. The molecule has 0 aromatic carbocycles. The number of unbranched alkanes of at least 4 members (excludes halogenated alkanes) is 1. The highest BCUT2D eigenvalue weighted by Gasteiger charge is 2.25. The number of aliphatic hydroxyl groups is 1. The van der Waals surface area contributed by atoms with Gasteiger partial charge in [0.1, 0.15) is 5.82 Å². The van der Waals surface area contributed by atoms with Crippen molar-refractivity contribution in [2.45, 2.75) is 51.3 Å². The van der Waals surface area contributed by atoms with Crippen LogP contribution >= 0.6 is 11.6 Å². The first-order chi connectivity index (χ1) is 9.10. The Morgan fingerprint density at radius 2 is 2.37 bits per heavy atom. The van der Waals surface area contributed by atoms with Gasteiger partial charge < -0.3 is 15.8 Å². The number of imidazole rings is 1. The summed E-state index contributed by atoms with van der Waals surface area (Å²) >= 11 is 6.15. The van der Waals surface area contributed by atoms with Gasteiger partial charge in [0.05, 0.1) is 11.8 Å². The molecule has 2 atom stereocenters. The van der Waals surface area contributed by atoms with Gasteiger partial charge in [-0.2, -0.15) is 0 Å². The molecule has 1 aromatic rings. The zero-order chi connectivity index (χ0) is 13.8. The van der Waals surface area contributed by atoms with Gasteiger partial charge in [-0.05, 0) is 12.8 Å². The molecule has 2 heterocycles. The Morgan fingerprint density at radius 3 is 3.05 bits per heavy atom. The highest BCUT2D eigenvalue weighted by atomic mass is 35.5. The molecule has 1 aliphatic rings. The Labute approximate surface area is 119 Å². The average molecular weight is 287 g/mol. The number of hydrogen-bond donors (Lipinski definition) is 3. The summed E-state index contributed by atoms with van der Waals surface area (Å²) < 4.78 is 0. The second kappa shape index (κ2) is 6.70. The molecule has 1 saturated heterocycles. The number of nitrogens with one attached hydrogen (secondary N) is 1. The Kier molecular flexibility index (Phi) is 5.21. The summed E-state index contributed by atoms with van der Waals surface area (Å²) in [5, 5.41) is 10.3. The molecule has 6 heteroatoms. The van der Waals surface area contributed by atoms with Gasteiger partial charge in [-0.1, -0.05) is 24.9 Å². The minimum Gasteiger partial charge on any atom is -0.390 e. The van der Waals surface area contributed by atoms with Crippen molar-refractivity contribution in [3.05, 3.63) is 16.7 Å². The summed E-state index contributed by atoms with van der Waals surface area (Å²) in [6, 6.07) is -0.103. The van der Waals surface area contributed by atoms with Crippen molar-refractivity contribution in [1.82, 2.24) is 14.9 Å². The lowest BCUT2D eigenvalue weighted by atomic mass is 10.0. The van der Waals surface area contributed by atoms with Crippen LogP contribution in [0.2, 0.25) is 5.15 Å². The molecule has 0 spiro atoms. The number of H-pyrrole nitrogens is 1. The molecule has 108 valence electrons.